The predicted octanol–water partition coefficient (Wildman–Crippen LogP) is 2.51. The highest BCUT2D eigenvalue weighted by molar-refractivity contribution is 5.38. The molecule has 1 saturated heterocycles. The molecule has 0 saturated carbocycles. The molecule has 0 atom stereocenters. The van der Waals surface area contributed by atoms with Crippen molar-refractivity contribution in [2.75, 3.05) is 25.1 Å². The number of hydrogen-bond acceptors (Lipinski definition) is 5. The number of ether oxygens (including phenoxy) is 1. The van der Waals surface area contributed by atoms with Crippen molar-refractivity contribution in [2.24, 2.45) is 0 Å². The molecule has 2 aromatic rings. The van der Waals surface area contributed by atoms with Gasteiger partial charge in [0.15, 0.2) is 5.82 Å². The Bertz CT molecular complexity index is 682. The smallest absolute Gasteiger partial charge is 0.156 e. The van der Waals surface area contributed by atoms with E-state index in [0.717, 1.165) is 31.7 Å². The SMILES string of the molecule is COCc1nccc(N2CCC(O)(Cc3cccc(C)c3)CC2)n1. The lowest BCUT2D eigenvalue weighted by atomic mass is 9.85. The minimum absolute atomic E-state index is 0.416. The number of methoxy groups -OCH3 is 1. The first-order valence-electron chi connectivity index (χ1n) is 8.42. The van der Waals surface area contributed by atoms with E-state index in [1.807, 2.05) is 6.07 Å². The number of rotatable bonds is 5. The molecular formula is C19H25N3O2. The summed E-state index contributed by atoms with van der Waals surface area (Å²) in [5, 5.41) is 10.9. The van der Waals surface area contributed by atoms with Crippen LogP contribution in [0, 0.1) is 6.92 Å². The van der Waals surface area contributed by atoms with Crippen LogP contribution in [0.3, 0.4) is 0 Å². The quantitative estimate of drug-likeness (QED) is 0.914. The molecule has 0 spiro atoms. The zero-order valence-corrected chi connectivity index (χ0v) is 14.4. The molecule has 128 valence electrons. The Kier molecular flexibility index (Phi) is 5.11. The van der Waals surface area contributed by atoms with Crippen LogP contribution in [0.25, 0.3) is 0 Å². The van der Waals surface area contributed by atoms with Crippen LogP contribution in [-0.4, -0.2) is 40.9 Å². The van der Waals surface area contributed by atoms with E-state index in [1.54, 1.807) is 13.3 Å². The third-order valence-corrected chi connectivity index (χ3v) is 4.60. The van der Waals surface area contributed by atoms with Gasteiger partial charge in [-0.3, -0.25) is 0 Å². The normalized spacial score (nSPS) is 17.0. The summed E-state index contributed by atoms with van der Waals surface area (Å²) in [5.74, 6) is 1.60. The average molecular weight is 327 g/mol. The molecule has 2 heterocycles. The van der Waals surface area contributed by atoms with Crippen LogP contribution < -0.4 is 4.90 Å². The van der Waals surface area contributed by atoms with Gasteiger partial charge in [0.05, 0.1) is 5.60 Å². The van der Waals surface area contributed by atoms with Crippen LogP contribution in [0.1, 0.15) is 29.8 Å². The largest absolute Gasteiger partial charge is 0.389 e. The highest BCUT2D eigenvalue weighted by Crippen LogP contribution is 2.28. The van der Waals surface area contributed by atoms with Crippen LogP contribution in [0.4, 0.5) is 5.82 Å². The second-order valence-corrected chi connectivity index (χ2v) is 6.64. The summed E-state index contributed by atoms with van der Waals surface area (Å²) in [7, 11) is 1.64. The average Bonchev–Trinajstić information content (AvgIpc) is 2.56. The Morgan fingerprint density at radius 1 is 1.25 bits per heavy atom. The first-order valence-corrected chi connectivity index (χ1v) is 8.42. The summed E-state index contributed by atoms with van der Waals surface area (Å²) in [5.41, 5.74) is 1.81. The molecular weight excluding hydrogens is 302 g/mol. The van der Waals surface area contributed by atoms with Gasteiger partial charge in [0.1, 0.15) is 12.4 Å². The second-order valence-electron chi connectivity index (χ2n) is 6.64. The fourth-order valence-electron chi connectivity index (χ4n) is 3.29. The van der Waals surface area contributed by atoms with Gasteiger partial charge < -0.3 is 14.7 Å². The molecule has 1 aromatic carbocycles. The predicted molar refractivity (Wildman–Crippen MR) is 94.0 cm³/mol. The summed E-state index contributed by atoms with van der Waals surface area (Å²) >= 11 is 0. The van der Waals surface area contributed by atoms with E-state index in [-0.39, 0.29) is 0 Å². The van der Waals surface area contributed by atoms with Gasteiger partial charge >= 0.3 is 0 Å². The third-order valence-electron chi connectivity index (χ3n) is 4.60. The Labute approximate surface area is 143 Å². The van der Waals surface area contributed by atoms with Gasteiger partial charge in [-0.05, 0) is 31.4 Å². The van der Waals surface area contributed by atoms with Crippen molar-refractivity contribution in [3.8, 4) is 0 Å². The lowest BCUT2D eigenvalue weighted by molar-refractivity contribution is 0.0164. The number of aliphatic hydroxyl groups is 1. The standard InChI is InChI=1S/C19H25N3O2/c1-15-4-3-5-16(12-15)13-19(23)7-10-22(11-8-19)18-6-9-20-17(21-18)14-24-2/h3-6,9,12,23H,7-8,10-11,13-14H2,1-2H3. The Morgan fingerprint density at radius 2 is 2.04 bits per heavy atom. The number of piperidine rings is 1. The number of anilines is 1. The van der Waals surface area contributed by atoms with Crippen molar-refractivity contribution in [1.29, 1.82) is 0 Å². The molecule has 5 nitrogen and oxygen atoms in total. The van der Waals surface area contributed by atoms with Crippen LogP contribution >= 0.6 is 0 Å². The first kappa shape index (κ1) is 16.9. The molecule has 1 aliphatic heterocycles. The summed E-state index contributed by atoms with van der Waals surface area (Å²) < 4.78 is 5.10. The molecule has 0 aliphatic carbocycles. The van der Waals surface area contributed by atoms with E-state index in [4.69, 9.17) is 4.74 Å². The molecule has 0 bridgehead atoms. The third kappa shape index (κ3) is 4.10. The topological polar surface area (TPSA) is 58.5 Å². The minimum atomic E-state index is -0.632. The van der Waals surface area contributed by atoms with E-state index >= 15 is 0 Å². The number of aromatic nitrogens is 2. The lowest BCUT2D eigenvalue weighted by Gasteiger charge is -2.39. The van der Waals surface area contributed by atoms with Crippen molar-refractivity contribution in [3.05, 3.63) is 53.5 Å². The van der Waals surface area contributed by atoms with Crippen molar-refractivity contribution in [2.45, 2.75) is 38.4 Å². The number of benzene rings is 1. The van der Waals surface area contributed by atoms with E-state index in [1.165, 1.54) is 11.1 Å². The Hall–Kier alpha value is -1.98. The van der Waals surface area contributed by atoms with Gasteiger partial charge in [-0.1, -0.05) is 29.8 Å². The molecule has 1 aliphatic rings. The van der Waals surface area contributed by atoms with E-state index in [0.29, 0.717) is 18.9 Å². The summed E-state index contributed by atoms with van der Waals surface area (Å²) in [6.07, 6.45) is 3.96. The fourth-order valence-corrected chi connectivity index (χ4v) is 3.29. The zero-order chi connectivity index (χ0) is 17.0. The molecule has 0 unspecified atom stereocenters. The first-order chi connectivity index (χ1) is 11.6. The van der Waals surface area contributed by atoms with Crippen molar-refractivity contribution in [3.63, 3.8) is 0 Å². The van der Waals surface area contributed by atoms with Gasteiger partial charge in [-0.2, -0.15) is 0 Å². The lowest BCUT2D eigenvalue weighted by Crippen LogP contribution is -2.46. The maximum atomic E-state index is 10.9. The maximum Gasteiger partial charge on any atom is 0.156 e. The van der Waals surface area contributed by atoms with Crippen molar-refractivity contribution < 1.29 is 9.84 Å². The highest BCUT2D eigenvalue weighted by Gasteiger charge is 2.32. The van der Waals surface area contributed by atoms with Crippen molar-refractivity contribution >= 4 is 5.82 Å². The monoisotopic (exact) mass is 327 g/mol. The molecule has 1 aromatic heterocycles. The van der Waals surface area contributed by atoms with Crippen molar-refractivity contribution in [1.82, 2.24) is 9.97 Å². The zero-order valence-electron chi connectivity index (χ0n) is 14.4. The summed E-state index contributed by atoms with van der Waals surface area (Å²) in [6, 6.07) is 10.3. The minimum Gasteiger partial charge on any atom is -0.389 e. The second kappa shape index (κ2) is 7.28. The van der Waals surface area contributed by atoms with Gasteiger partial charge in [0, 0.05) is 32.8 Å². The number of nitrogens with zero attached hydrogens (tertiary/aromatic N) is 3. The van der Waals surface area contributed by atoms with Crippen LogP contribution in [0.5, 0.6) is 0 Å². The van der Waals surface area contributed by atoms with Gasteiger partial charge in [0.2, 0.25) is 0 Å². The molecule has 0 amide bonds. The van der Waals surface area contributed by atoms with Gasteiger partial charge in [-0.25, -0.2) is 9.97 Å². The molecule has 1 N–H and O–H groups in total. The van der Waals surface area contributed by atoms with E-state index < -0.39 is 5.60 Å². The van der Waals surface area contributed by atoms with Crippen LogP contribution in [0.15, 0.2) is 36.5 Å². The van der Waals surface area contributed by atoms with E-state index in [2.05, 4.69) is 46.1 Å². The van der Waals surface area contributed by atoms with E-state index in [9.17, 15) is 5.11 Å². The summed E-state index contributed by atoms with van der Waals surface area (Å²) in [6.45, 7) is 4.10. The fraction of sp³-hybridized carbons (Fsp3) is 0.474. The van der Waals surface area contributed by atoms with Gasteiger partial charge in [-0.15, -0.1) is 0 Å². The van der Waals surface area contributed by atoms with Crippen LogP contribution in [-0.2, 0) is 17.8 Å². The Balaban J connectivity index is 1.63. The number of hydrogen-bond donors (Lipinski definition) is 1. The number of aryl methyl sites for hydroxylation is 1. The molecule has 1 fully saturated rings. The molecule has 24 heavy (non-hydrogen) atoms. The Morgan fingerprint density at radius 3 is 2.75 bits per heavy atom. The van der Waals surface area contributed by atoms with Gasteiger partial charge in [0.25, 0.3) is 0 Å². The highest BCUT2D eigenvalue weighted by atomic mass is 16.5. The maximum absolute atomic E-state index is 10.9. The molecule has 3 rings (SSSR count). The summed E-state index contributed by atoms with van der Waals surface area (Å²) in [4.78, 5) is 11.0. The molecule has 0 radical (unpaired) electrons. The molecule has 5 heteroatoms. The van der Waals surface area contributed by atoms with Crippen LogP contribution in [0.2, 0.25) is 0 Å².